The fourth-order valence-electron chi connectivity index (χ4n) is 2.55. The third kappa shape index (κ3) is 6.89. The zero-order valence-corrected chi connectivity index (χ0v) is 14.2. The third-order valence-corrected chi connectivity index (χ3v) is 3.54. The van der Waals surface area contributed by atoms with Crippen molar-refractivity contribution < 1.29 is 4.74 Å². The lowest BCUT2D eigenvalue weighted by molar-refractivity contribution is 0.0842. The van der Waals surface area contributed by atoms with E-state index in [1.54, 1.807) is 0 Å². The standard InChI is InChI=1S/C19H27N3O/c1-3-12-23-16-17(2)13-22(14-18-8-4-6-10-20-18)15-19-9-5-7-11-21-19/h4-11,17H,3,12-16H2,1-2H3. The van der Waals surface area contributed by atoms with Gasteiger partial charge in [0.1, 0.15) is 0 Å². The Morgan fingerprint density at radius 2 is 1.61 bits per heavy atom. The molecule has 0 amide bonds. The predicted octanol–water partition coefficient (Wildman–Crippen LogP) is 3.54. The minimum absolute atomic E-state index is 0.481. The number of nitrogens with zero attached hydrogens (tertiary/aromatic N) is 3. The quantitative estimate of drug-likeness (QED) is 0.629. The molecule has 0 saturated heterocycles. The van der Waals surface area contributed by atoms with Gasteiger partial charge in [0, 0.05) is 38.6 Å². The first kappa shape index (κ1) is 17.6. The second-order valence-electron chi connectivity index (χ2n) is 5.99. The average molecular weight is 313 g/mol. The van der Waals surface area contributed by atoms with Crippen LogP contribution in [0.2, 0.25) is 0 Å². The Kier molecular flexibility index (Phi) is 7.70. The molecule has 0 aromatic carbocycles. The molecule has 1 unspecified atom stereocenters. The lowest BCUT2D eigenvalue weighted by atomic mass is 10.1. The molecule has 4 nitrogen and oxygen atoms in total. The highest BCUT2D eigenvalue weighted by Gasteiger charge is 2.13. The van der Waals surface area contributed by atoms with E-state index in [1.807, 2.05) is 36.7 Å². The minimum atomic E-state index is 0.481. The average Bonchev–Trinajstić information content (AvgIpc) is 2.57. The van der Waals surface area contributed by atoms with Gasteiger partial charge in [-0.05, 0) is 36.6 Å². The number of ether oxygens (including phenoxy) is 1. The summed E-state index contributed by atoms with van der Waals surface area (Å²) in [6.07, 6.45) is 4.77. The van der Waals surface area contributed by atoms with Crippen LogP contribution < -0.4 is 0 Å². The van der Waals surface area contributed by atoms with E-state index in [2.05, 4.69) is 40.8 Å². The zero-order chi connectivity index (χ0) is 16.3. The Balaban J connectivity index is 1.96. The van der Waals surface area contributed by atoms with Crippen LogP contribution in [0.25, 0.3) is 0 Å². The van der Waals surface area contributed by atoms with E-state index in [0.717, 1.165) is 50.7 Å². The fraction of sp³-hybridized carbons (Fsp3) is 0.474. The van der Waals surface area contributed by atoms with Crippen molar-refractivity contribution in [3.8, 4) is 0 Å². The van der Waals surface area contributed by atoms with Crippen LogP contribution in [0.5, 0.6) is 0 Å². The lowest BCUT2D eigenvalue weighted by Gasteiger charge is -2.25. The molecule has 0 aliphatic carbocycles. The van der Waals surface area contributed by atoms with Gasteiger partial charge >= 0.3 is 0 Å². The summed E-state index contributed by atoms with van der Waals surface area (Å²) in [5.74, 6) is 0.481. The number of aromatic nitrogens is 2. The molecule has 0 fully saturated rings. The SMILES string of the molecule is CCCOCC(C)CN(Cc1ccccn1)Cc1ccccn1. The second-order valence-corrected chi connectivity index (χ2v) is 5.99. The molecule has 0 aliphatic heterocycles. The van der Waals surface area contributed by atoms with Crippen LogP contribution in [-0.4, -0.2) is 34.6 Å². The predicted molar refractivity (Wildman–Crippen MR) is 92.9 cm³/mol. The van der Waals surface area contributed by atoms with E-state index in [9.17, 15) is 0 Å². The van der Waals surface area contributed by atoms with Crippen LogP contribution in [0, 0.1) is 5.92 Å². The van der Waals surface area contributed by atoms with Gasteiger partial charge in [0.05, 0.1) is 18.0 Å². The van der Waals surface area contributed by atoms with E-state index in [1.165, 1.54) is 0 Å². The summed E-state index contributed by atoms with van der Waals surface area (Å²) < 4.78 is 5.69. The van der Waals surface area contributed by atoms with Crippen molar-refractivity contribution in [3.05, 3.63) is 60.2 Å². The Bertz CT molecular complexity index is 491. The molecular weight excluding hydrogens is 286 g/mol. The first-order chi connectivity index (χ1) is 11.3. The van der Waals surface area contributed by atoms with E-state index in [-0.39, 0.29) is 0 Å². The second kappa shape index (κ2) is 10.1. The molecule has 4 heteroatoms. The monoisotopic (exact) mass is 313 g/mol. The first-order valence-electron chi connectivity index (χ1n) is 8.38. The van der Waals surface area contributed by atoms with Crippen molar-refractivity contribution in [3.63, 3.8) is 0 Å². The van der Waals surface area contributed by atoms with E-state index in [4.69, 9.17) is 4.74 Å². The molecule has 1 atom stereocenters. The fourth-order valence-corrected chi connectivity index (χ4v) is 2.55. The molecule has 2 rings (SSSR count). The molecule has 2 aromatic heterocycles. The van der Waals surface area contributed by atoms with Crippen LogP contribution in [0.3, 0.4) is 0 Å². The maximum absolute atomic E-state index is 5.69. The maximum atomic E-state index is 5.69. The molecular formula is C19H27N3O. The van der Waals surface area contributed by atoms with Crippen molar-refractivity contribution in [2.75, 3.05) is 19.8 Å². The van der Waals surface area contributed by atoms with E-state index >= 15 is 0 Å². The van der Waals surface area contributed by atoms with Gasteiger partial charge in [-0.1, -0.05) is 26.0 Å². The highest BCUT2D eigenvalue weighted by molar-refractivity contribution is 5.06. The summed E-state index contributed by atoms with van der Waals surface area (Å²) in [6, 6.07) is 12.1. The van der Waals surface area contributed by atoms with Crippen molar-refractivity contribution >= 4 is 0 Å². The number of rotatable bonds is 10. The molecule has 0 spiro atoms. The molecule has 0 aliphatic rings. The van der Waals surface area contributed by atoms with Crippen molar-refractivity contribution in [2.45, 2.75) is 33.4 Å². The topological polar surface area (TPSA) is 38.2 Å². The van der Waals surface area contributed by atoms with Crippen molar-refractivity contribution in [2.24, 2.45) is 5.92 Å². The summed E-state index contributed by atoms with van der Waals surface area (Å²) in [6.45, 7) is 8.64. The Hall–Kier alpha value is -1.78. The van der Waals surface area contributed by atoms with Crippen LogP contribution in [0.1, 0.15) is 31.7 Å². The Labute approximate surface area is 139 Å². The van der Waals surface area contributed by atoms with Crippen LogP contribution in [0.15, 0.2) is 48.8 Å². The van der Waals surface area contributed by atoms with E-state index < -0.39 is 0 Å². The molecule has 2 heterocycles. The summed E-state index contributed by atoms with van der Waals surface area (Å²) in [5.41, 5.74) is 2.18. The number of hydrogen-bond acceptors (Lipinski definition) is 4. The van der Waals surface area contributed by atoms with Crippen molar-refractivity contribution in [1.82, 2.24) is 14.9 Å². The molecule has 2 aromatic rings. The summed E-state index contributed by atoms with van der Waals surface area (Å²) in [7, 11) is 0. The molecule has 0 saturated carbocycles. The Morgan fingerprint density at radius 3 is 2.09 bits per heavy atom. The highest BCUT2D eigenvalue weighted by atomic mass is 16.5. The van der Waals surface area contributed by atoms with Gasteiger partial charge < -0.3 is 4.74 Å². The first-order valence-corrected chi connectivity index (χ1v) is 8.38. The van der Waals surface area contributed by atoms with Gasteiger partial charge in [0.15, 0.2) is 0 Å². The zero-order valence-electron chi connectivity index (χ0n) is 14.2. The maximum Gasteiger partial charge on any atom is 0.0544 e. The van der Waals surface area contributed by atoms with Gasteiger partial charge in [0.2, 0.25) is 0 Å². The highest BCUT2D eigenvalue weighted by Crippen LogP contribution is 2.10. The molecule has 23 heavy (non-hydrogen) atoms. The summed E-state index contributed by atoms with van der Waals surface area (Å²) >= 11 is 0. The third-order valence-electron chi connectivity index (χ3n) is 3.54. The largest absolute Gasteiger partial charge is 0.381 e. The summed E-state index contributed by atoms with van der Waals surface area (Å²) in [4.78, 5) is 11.3. The van der Waals surface area contributed by atoms with Crippen molar-refractivity contribution in [1.29, 1.82) is 0 Å². The normalized spacial score (nSPS) is 12.5. The number of hydrogen-bond donors (Lipinski definition) is 0. The van der Waals surface area contributed by atoms with Gasteiger partial charge in [-0.25, -0.2) is 0 Å². The summed E-state index contributed by atoms with van der Waals surface area (Å²) in [5, 5.41) is 0. The lowest BCUT2D eigenvalue weighted by Crippen LogP contribution is -2.30. The van der Waals surface area contributed by atoms with Gasteiger partial charge in [0.25, 0.3) is 0 Å². The van der Waals surface area contributed by atoms with Gasteiger partial charge in [-0.15, -0.1) is 0 Å². The van der Waals surface area contributed by atoms with Gasteiger partial charge in [-0.3, -0.25) is 14.9 Å². The van der Waals surface area contributed by atoms with Gasteiger partial charge in [-0.2, -0.15) is 0 Å². The molecule has 124 valence electrons. The smallest absolute Gasteiger partial charge is 0.0544 e. The molecule has 0 bridgehead atoms. The molecule has 0 N–H and O–H groups in total. The Morgan fingerprint density at radius 1 is 1.00 bits per heavy atom. The minimum Gasteiger partial charge on any atom is -0.381 e. The van der Waals surface area contributed by atoms with E-state index in [0.29, 0.717) is 5.92 Å². The van der Waals surface area contributed by atoms with Crippen LogP contribution >= 0.6 is 0 Å². The number of pyridine rings is 2. The molecule has 0 radical (unpaired) electrons. The van der Waals surface area contributed by atoms with Crippen LogP contribution in [-0.2, 0) is 17.8 Å². The van der Waals surface area contributed by atoms with Crippen LogP contribution in [0.4, 0.5) is 0 Å².